The first-order chi connectivity index (χ1) is 8.67. The van der Waals surface area contributed by atoms with Crippen molar-refractivity contribution in [1.82, 2.24) is 0 Å². The molecule has 0 aliphatic carbocycles. The quantitative estimate of drug-likeness (QED) is 0.423. The van der Waals surface area contributed by atoms with Crippen LogP contribution in [0, 0.1) is 0 Å². The van der Waals surface area contributed by atoms with Crippen LogP contribution in [0.3, 0.4) is 0 Å². The number of hydrogen-bond acceptors (Lipinski definition) is 4. The molecule has 1 aromatic carbocycles. The number of Topliss-reactive ketones (excluding diaryl/α,β-unsaturated/α-hetero) is 1. The van der Waals surface area contributed by atoms with E-state index in [0.29, 0.717) is 5.56 Å². The molecule has 0 aromatic heterocycles. The fourth-order valence-corrected chi connectivity index (χ4v) is 1.45. The SMILES string of the molecule is CCC(COC(=O)CC(=O)c1ccccc1)OC. The van der Waals surface area contributed by atoms with Crippen LogP contribution in [0.1, 0.15) is 30.1 Å². The zero-order valence-corrected chi connectivity index (χ0v) is 10.7. The number of rotatable bonds is 7. The first kappa shape index (κ1) is 14.4. The monoisotopic (exact) mass is 250 g/mol. The summed E-state index contributed by atoms with van der Waals surface area (Å²) in [6.45, 7) is 2.13. The number of hydrogen-bond donors (Lipinski definition) is 0. The number of esters is 1. The molecule has 1 rings (SSSR count). The Hall–Kier alpha value is -1.68. The predicted molar refractivity (Wildman–Crippen MR) is 67.4 cm³/mol. The average Bonchev–Trinajstić information content (AvgIpc) is 2.41. The third-order valence-corrected chi connectivity index (χ3v) is 2.62. The zero-order chi connectivity index (χ0) is 13.4. The van der Waals surface area contributed by atoms with Gasteiger partial charge in [-0.3, -0.25) is 9.59 Å². The summed E-state index contributed by atoms with van der Waals surface area (Å²) in [6.07, 6.45) is 0.418. The van der Waals surface area contributed by atoms with E-state index >= 15 is 0 Å². The summed E-state index contributed by atoms with van der Waals surface area (Å²) >= 11 is 0. The van der Waals surface area contributed by atoms with Gasteiger partial charge in [-0.05, 0) is 6.42 Å². The first-order valence-electron chi connectivity index (χ1n) is 5.94. The van der Waals surface area contributed by atoms with Crippen LogP contribution in [0.2, 0.25) is 0 Å². The highest BCUT2D eigenvalue weighted by molar-refractivity contribution is 6.05. The third kappa shape index (κ3) is 4.67. The molecule has 98 valence electrons. The molecule has 4 nitrogen and oxygen atoms in total. The van der Waals surface area contributed by atoms with Crippen LogP contribution < -0.4 is 0 Å². The summed E-state index contributed by atoms with van der Waals surface area (Å²) in [7, 11) is 1.57. The van der Waals surface area contributed by atoms with Crippen LogP contribution in [0.4, 0.5) is 0 Å². The Morgan fingerprint density at radius 3 is 2.44 bits per heavy atom. The number of ether oxygens (including phenoxy) is 2. The fraction of sp³-hybridized carbons (Fsp3) is 0.429. The molecule has 1 atom stereocenters. The van der Waals surface area contributed by atoms with Gasteiger partial charge in [0.25, 0.3) is 0 Å². The third-order valence-electron chi connectivity index (χ3n) is 2.62. The van der Waals surface area contributed by atoms with E-state index in [0.717, 1.165) is 6.42 Å². The van der Waals surface area contributed by atoms with E-state index in [-0.39, 0.29) is 24.9 Å². The maximum absolute atomic E-state index is 11.7. The normalized spacial score (nSPS) is 11.9. The lowest BCUT2D eigenvalue weighted by molar-refractivity contribution is -0.146. The van der Waals surface area contributed by atoms with Gasteiger partial charge in [0.05, 0.1) is 6.10 Å². The van der Waals surface area contributed by atoms with E-state index in [1.807, 2.05) is 13.0 Å². The Kier molecular flexibility index (Phi) is 6.08. The number of carbonyl (C=O) groups excluding carboxylic acids is 2. The van der Waals surface area contributed by atoms with Crippen LogP contribution in [0.25, 0.3) is 0 Å². The molecular formula is C14H18O4. The largest absolute Gasteiger partial charge is 0.463 e. The van der Waals surface area contributed by atoms with E-state index in [4.69, 9.17) is 9.47 Å². The molecule has 18 heavy (non-hydrogen) atoms. The maximum atomic E-state index is 11.7. The lowest BCUT2D eigenvalue weighted by Gasteiger charge is -2.12. The molecule has 4 heteroatoms. The smallest absolute Gasteiger partial charge is 0.313 e. The van der Waals surface area contributed by atoms with Crippen molar-refractivity contribution in [3.63, 3.8) is 0 Å². The van der Waals surface area contributed by atoms with Crippen LogP contribution in [-0.2, 0) is 14.3 Å². The molecular weight excluding hydrogens is 232 g/mol. The van der Waals surface area contributed by atoms with Gasteiger partial charge in [0, 0.05) is 12.7 Å². The van der Waals surface area contributed by atoms with Gasteiger partial charge in [0.2, 0.25) is 0 Å². The summed E-state index contributed by atoms with van der Waals surface area (Å²) in [6, 6.07) is 8.70. The second kappa shape index (κ2) is 7.61. The van der Waals surface area contributed by atoms with Crippen molar-refractivity contribution in [1.29, 1.82) is 0 Å². The van der Waals surface area contributed by atoms with Gasteiger partial charge in [0.15, 0.2) is 5.78 Å². The van der Waals surface area contributed by atoms with Gasteiger partial charge in [-0.25, -0.2) is 0 Å². The number of ketones is 1. The van der Waals surface area contributed by atoms with Gasteiger partial charge in [-0.15, -0.1) is 0 Å². The van der Waals surface area contributed by atoms with Crippen LogP contribution in [-0.4, -0.2) is 31.6 Å². The van der Waals surface area contributed by atoms with Crippen molar-refractivity contribution in [2.45, 2.75) is 25.9 Å². The van der Waals surface area contributed by atoms with Crippen molar-refractivity contribution >= 4 is 11.8 Å². The van der Waals surface area contributed by atoms with Crippen molar-refractivity contribution in [2.24, 2.45) is 0 Å². The molecule has 0 radical (unpaired) electrons. The lowest BCUT2D eigenvalue weighted by Crippen LogP contribution is -2.21. The Balaban J connectivity index is 2.39. The molecule has 0 heterocycles. The number of benzene rings is 1. The molecule has 0 aliphatic rings. The van der Waals surface area contributed by atoms with Crippen LogP contribution in [0.5, 0.6) is 0 Å². The molecule has 0 N–H and O–H groups in total. The van der Waals surface area contributed by atoms with E-state index in [1.54, 1.807) is 31.4 Å². The molecule has 0 bridgehead atoms. The Morgan fingerprint density at radius 1 is 1.22 bits per heavy atom. The second-order valence-electron chi connectivity index (χ2n) is 3.91. The van der Waals surface area contributed by atoms with Crippen molar-refractivity contribution < 1.29 is 19.1 Å². The first-order valence-corrected chi connectivity index (χ1v) is 5.94. The fourth-order valence-electron chi connectivity index (χ4n) is 1.45. The Bertz CT molecular complexity index is 382. The summed E-state index contributed by atoms with van der Waals surface area (Å²) in [5.41, 5.74) is 0.522. The molecule has 0 fully saturated rings. The Labute approximate surface area is 107 Å². The minimum atomic E-state index is -0.514. The topological polar surface area (TPSA) is 52.6 Å². The van der Waals surface area contributed by atoms with E-state index in [1.165, 1.54) is 0 Å². The average molecular weight is 250 g/mol. The van der Waals surface area contributed by atoms with Gasteiger partial charge in [0.1, 0.15) is 13.0 Å². The zero-order valence-electron chi connectivity index (χ0n) is 10.7. The summed E-state index contributed by atoms with van der Waals surface area (Å²) in [5, 5.41) is 0. The standard InChI is InChI=1S/C14H18O4/c1-3-12(17-2)10-18-14(16)9-13(15)11-7-5-4-6-8-11/h4-8,12H,3,9-10H2,1-2H3. The van der Waals surface area contributed by atoms with Crippen LogP contribution >= 0.6 is 0 Å². The minimum Gasteiger partial charge on any atom is -0.463 e. The summed E-state index contributed by atoms with van der Waals surface area (Å²) < 4.78 is 10.1. The highest BCUT2D eigenvalue weighted by Crippen LogP contribution is 2.05. The molecule has 0 aliphatic heterocycles. The van der Waals surface area contributed by atoms with E-state index < -0.39 is 5.97 Å². The van der Waals surface area contributed by atoms with Gasteiger partial charge >= 0.3 is 5.97 Å². The van der Waals surface area contributed by atoms with Gasteiger partial charge in [-0.1, -0.05) is 37.3 Å². The van der Waals surface area contributed by atoms with Crippen molar-refractivity contribution in [2.75, 3.05) is 13.7 Å². The Morgan fingerprint density at radius 2 is 1.89 bits per heavy atom. The summed E-state index contributed by atoms with van der Waals surface area (Å²) in [4.78, 5) is 23.2. The van der Waals surface area contributed by atoms with E-state index in [9.17, 15) is 9.59 Å². The van der Waals surface area contributed by atoms with Gasteiger partial charge in [-0.2, -0.15) is 0 Å². The predicted octanol–water partition coefficient (Wildman–Crippen LogP) is 2.23. The number of methoxy groups -OCH3 is 1. The summed E-state index contributed by atoms with van der Waals surface area (Å²) in [5.74, 6) is -0.745. The maximum Gasteiger partial charge on any atom is 0.313 e. The van der Waals surface area contributed by atoms with Crippen molar-refractivity contribution in [3.05, 3.63) is 35.9 Å². The lowest BCUT2D eigenvalue weighted by atomic mass is 10.1. The highest BCUT2D eigenvalue weighted by atomic mass is 16.6. The number of carbonyl (C=O) groups is 2. The van der Waals surface area contributed by atoms with Gasteiger partial charge < -0.3 is 9.47 Å². The van der Waals surface area contributed by atoms with E-state index in [2.05, 4.69) is 0 Å². The van der Waals surface area contributed by atoms with Crippen molar-refractivity contribution in [3.8, 4) is 0 Å². The molecule has 1 unspecified atom stereocenters. The second-order valence-corrected chi connectivity index (χ2v) is 3.91. The molecule has 1 aromatic rings. The molecule has 0 saturated heterocycles. The molecule has 0 amide bonds. The highest BCUT2D eigenvalue weighted by Gasteiger charge is 2.14. The molecule has 0 spiro atoms. The molecule has 0 saturated carbocycles. The van der Waals surface area contributed by atoms with Crippen LogP contribution in [0.15, 0.2) is 30.3 Å². The minimum absolute atomic E-state index is 0.110.